The molecular formula is C8H5BrCl3NO. The van der Waals surface area contributed by atoms with Gasteiger partial charge in [0.1, 0.15) is 0 Å². The summed E-state index contributed by atoms with van der Waals surface area (Å²) in [6, 6.07) is 1.51. The lowest BCUT2D eigenvalue weighted by Crippen LogP contribution is -2.14. The number of halogens is 4. The van der Waals surface area contributed by atoms with E-state index in [1.165, 1.54) is 6.07 Å². The van der Waals surface area contributed by atoms with Crippen LogP contribution in [0.15, 0.2) is 10.5 Å². The number of hydrogen-bond donors (Lipinski definition) is 1. The molecule has 6 heteroatoms. The van der Waals surface area contributed by atoms with Crippen LogP contribution in [0.3, 0.4) is 0 Å². The fraction of sp³-hybridized carbons (Fsp3) is 0.125. The maximum atomic E-state index is 10.7. The van der Waals surface area contributed by atoms with E-state index in [0.29, 0.717) is 25.1 Å². The summed E-state index contributed by atoms with van der Waals surface area (Å²) in [4.78, 5) is 10.7. The summed E-state index contributed by atoms with van der Waals surface area (Å²) in [6.45, 7) is 0. The van der Waals surface area contributed by atoms with Gasteiger partial charge in [0.05, 0.1) is 20.9 Å². The average Bonchev–Trinajstić information content (AvgIpc) is 2.09. The second-order valence-corrected chi connectivity index (χ2v) is 4.58. The van der Waals surface area contributed by atoms with Gasteiger partial charge in [-0.15, -0.1) is 0 Å². The highest BCUT2D eigenvalue weighted by Gasteiger charge is 2.14. The van der Waals surface area contributed by atoms with Crippen molar-refractivity contribution in [1.29, 1.82) is 0 Å². The van der Waals surface area contributed by atoms with Gasteiger partial charge in [-0.25, -0.2) is 0 Å². The zero-order valence-electron chi connectivity index (χ0n) is 6.78. The number of hydrogen-bond acceptors (Lipinski definition) is 1. The highest BCUT2D eigenvalue weighted by atomic mass is 79.9. The topological polar surface area (TPSA) is 43.1 Å². The van der Waals surface area contributed by atoms with Crippen LogP contribution < -0.4 is 5.73 Å². The Morgan fingerprint density at radius 1 is 1.36 bits per heavy atom. The number of rotatable bonds is 2. The standard InChI is InChI=1S/C8H5BrCl3NO/c9-7-5(11)2-4(10)3(8(7)12)1-6(13)14/h2H,1H2,(H2,13,14). The minimum atomic E-state index is -0.497. The second-order valence-electron chi connectivity index (χ2n) is 2.59. The summed E-state index contributed by atoms with van der Waals surface area (Å²) in [5, 5.41) is 1.05. The molecule has 0 aliphatic heterocycles. The molecule has 1 aromatic carbocycles. The quantitative estimate of drug-likeness (QED) is 0.659. The molecule has 0 fully saturated rings. The summed E-state index contributed by atoms with van der Waals surface area (Å²) in [5.41, 5.74) is 5.53. The van der Waals surface area contributed by atoms with Gasteiger partial charge in [-0.2, -0.15) is 0 Å². The second kappa shape index (κ2) is 4.71. The van der Waals surface area contributed by atoms with Crippen molar-refractivity contribution in [2.24, 2.45) is 5.73 Å². The number of primary amides is 1. The molecule has 0 aromatic heterocycles. The molecule has 0 unspecified atom stereocenters. The molecule has 1 amide bonds. The van der Waals surface area contributed by atoms with Gasteiger partial charge in [0.25, 0.3) is 0 Å². The molecule has 0 aliphatic carbocycles. The van der Waals surface area contributed by atoms with Crippen LogP contribution in [0.4, 0.5) is 0 Å². The molecule has 0 atom stereocenters. The molecule has 1 rings (SSSR count). The van der Waals surface area contributed by atoms with Gasteiger partial charge in [0.15, 0.2) is 0 Å². The number of benzene rings is 1. The van der Waals surface area contributed by atoms with Gasteiger partial charge in [-0.3, -0.25) is 4.79 Å². The van der Waals surface area contributed by atoms with Crippen molar-refractivity contribution in [3.05, 3.63) is 31.2 Å². The smallest absolute Gasteiger partial charge is 0.221 e. The fourth-order valence-electron chi connectivity index (χ4n) is 0.940. The molecule has 0 radical (unpaired) electrons. The van der Waals surface area contributed by atoms with E-state index < -0.39 is 5.91 Å². The van der Waals surface area contributed by atoms with Gasteiger partial charge < -0.3 is 5.73 Å². The molecule has 0 saturated carbocycles. The molecule has 1 aromatic rings. The molecular weight excluding hydrogens is 312 g/mol. The predicted octanol–water partition coefficient (Wildman–Crippen LogP) is 3.44. The van der Waals surface area contributed by atoms with Crippen LogP contribution in [-0.2, 0) is 11.2 Å². The van der Waals surface area contributed by atoms with Gasteiger partial charge in [-0.1, -0.05) is 34.8 Å². The lowest BCUT2D eigenvalue weighted by atomic mass is 10.1. The first-order chi connectivity index (χ1) is 6.43. The molecule has 0 bridgehead atoms. The fourth-order valence-corrected chi connectivity index (χ4v) is 2.19. The summed E-state index contributed by atoms with van der Waals surface area (Å²) >= 11 is 20.8. The predicted molar refractivity (Wildman–Crippen MR) is 62.1 cm³/mol. The third-order valence-corrected chi connectivity index (χ3v) is 3.89. The summed E-state index contributed by atoms with van der Waals surface area (Å²) in [6.07, 6.45) is -0.00651. The monoisotopic (exact) mass is 315 g/mol. The van der Waals surface area contributed by atoms with Crippen LogP contribution in [0, 0.1) is 0 Å². The Bertz CT molecular complexity index is 395. The average molecular weight is 317 g/mol. The minimum absolute atomic E-state index is 0.00651. The van der Waals surface area contributed by atoms with Gasteiger partial charge in [0.2, 0.25) is 5.91 Å². The van der Waals surface area contributed by atoms with E-state index in [2.05, 4.69) is 15.9 Å². The zero-order valence-corrected chi connectivity index (χ0v) is 10.6. The molecule has 0 heterocycles. The molecule has 0 saturated heterocycles. The molecule has 2 nitrogen and oxygen atoms in total. The lowest BCUT2D eigenvalue weighted by molar-refractivity contribution is -0.117. The number of carbonyl (C=O) groups excluding carboxylic acids is 1. The van der Waals surface area contributed by atoms with Crippen LogP contribution in [0.5, 0.6) is 0 Å². The molecule has 76 valence electrons. The lowest BCUT2D eigenvalue weighted by Gasteiger charge is -2.08. The molecule has 0 spiro atoms. The molecule has 14 heavy (non-hydrogen) atoms. The van der Waals surface area contributed by atoms with Crippen molar-refractivity contribution in [3.8, 4) is 0 Å². The molecule has 2 N–H and O–H groups in total. The van der Waals surface area contributed by atoms with E-state index in [1.807, 2.05) is 0 Å². The van der Waals surface area contributed by atoms with Crippen LogP contribution in [0.1, 0.15) is 5.56 Å². The first-order valence-electron chi connectivity index (χ1n) is 3.53. The van der Waals surface area contributed by atoms with Crippen LogP contribution in [-0.4, -0.2) is 5.91 Å². The summed E-state index contributed by atoms with van der Waals surface area (Å²) in [5.74, 6) is -0.497. The Balaban J connectivity index is 3.29. The van der Waals surface area contributed by atoms with Crippen LogP contribution in [0.2, 0.25) is 15.1 Å². The summed E-state index contributed by atoms with van der Waals surface area (Å²) in [7, 11) is 0. The van der Waals surface area contributed by atoms with E-state index in [0.717, 1.165) is 0 Å². The Labute approximate surface area is 104 Å². The van der Waals surface area contributed by atoms with Gasteiger partial charge in [0, 0.05) is 5.02 Å². The highest BCUT2D eigenvalue weighted by molar-refractivity contribution is 9.10. The third kappa shape index (κ3) is 2.54. The first kappa shape index (κ1) is 12.1. The highest BCUT2D eigenvalue weighted by Crippen LogP contribution is 2.37. The Morgan fingerprint density at radius 3 is 2.43 bits per heavy atom. The van der Waals surface area contributed by atoms with Crippen molar-refractivity contribution < 1.29 is 4.79 Å². The zero-order chi connectivity index (χ0) is 10.9. The Kier molecular flexibility index (Phi) is 4.07. The number of amides is 1. The Hall–Kier alpha value is 0.0400. The summed E-state index contributed by atoms with van der Waals surface area (Å²) < 4.78 is 0.515. The van der Waals surface area contributed by atoms with Crippen LogP contribution in [0.25, 0.3) is 0 Å². The van der Waals surface area contributed by atoms with Crippen molar-refractivity contribution in [2.75, 3.05) is 0 Å². The van der Waals surface area contributed by atoms with Crippen molar-refractivity contribution in [2.45, 2.75) is 6.42 Å². The SMILES string of the molecule is NC(=O)Cc1c(Cl)cc(Cl)c(Br)c1Cl. The first-order valence-corrected chi connectivity index (χ1v) is 5.46. The maximum absolute atomic E-state index is 10.7. The number of carbonyl (C=O) groups is 1. The van der Waals surface area contributed by atoms with E-state index in [1.54, 1.807) is 0 Å². The van der Waals surface area contributed by atoms with E-state index >= 15 is 0 Å². The third-order valence-electron chi connectivity index (χ3n) is 1.56. The van der Waals surface area contributed by atoms with Crippen LogP contribution >= 0.6 is 50.7 Å². The minimum Gasteiger partial charge on any atom is -0.369 e. The largest absolute Gasteiger partial charge is 0.369 e. The van der Waals surface area contributed by atoms with E-state index in [-0.39, 0.29) is 6.42 Å². The van der Waals surface area contributed by atoms with Crippen molar-refractivity contribution in [1.82, 2.24) is 0 Å². The van der Waals surface area contributed by atoms with Gasteiger partial charge >= 0.3 is 0 Å². The van der Waals surface area contributed by atoms with Gasteiger partial charge in [-0.05, 0) is 27.6 Å². The van der Waals surface area contributed by atoms with Crippen molar-refractivity contribution >= 4 is 56.6 Å². The molecule has 0 aliphatic rings. The normalized spacial score (nSPS) is 10.3. The Morgan fingerprint density at radius 2 is 1.93 bits per heavy atom. The maximum Gasteiger partial charge on any atom is 0.221 e. The van der Waals surface area contributed by atoms with Crippen molar-refractivity contribution in [3.63, 3.8) is 0 Å². The van der Waals surface area contributed by atoms with E-state index in [4.69, 9.17) is 40.5 Å². The number of nitrogens with two attached hydrogens (primary N) is 1. The van der Waals surface area contributed by atoms with E-state index in [9.17, 15) is 4.79 Å².